The van der Waals surface area contributed by atoms with Gasteiger partial charge in [0.15, 0.2) is 0 Å². The average molecular weight is 107 g/mol. The van der Waals surface area contributed by atoms with Gasteiger partial charge in [0.25, 0.3) is 0 Å². The molecule has 0 aromatic carbocycles. The van der Waals surface area contributed by atoms with Crippen molar-refractivity contribution in [1.29, 1.82) is 5.26 Å². The van der Waals surface area contributed by atoms with Crippen molar-refractivity contribution in [3.8, 4) is 6.07 Å². The summed E-state index contributed by atoms with van der Waals surface area (Å²) < 4.78 is 0. The summed E-state index contributed by atoms with van der Waals surface area (Å²) >= 11 is 0. The fraction of sp³-hybridized carbons (Fsp3) is 0.286. The third kappa shape index (κ3) is 4.97. The van der Waals surface area contributed by atoms with Gasteiger partial charge in [-0.1, -0.05) is 24.3 Å². The zero-order valence-corrected chi connectivity index (χ0v) is 4.96. The predicted octanol–water partition coefficient (Wildman–Crippen LogP) is 2.03. The molecule has 1 nitrogen and oxygen atoms in total. The normalized spacial score (nSPS) is 10.5. The Labute approximate surface area is 49.9 Å². The number of nitriles is 1. The zero-order valence-electron chi connectivity index (χ0n) is 4.96. The molecule has 0 aromatic heterocycles. The highest BCUT2D eigenvalue weighted by atomic mass is 14.2. The van der Waals surface area contributed by atoms with Crippen LogP contribution in [0.1, 0.15) is 13.3 Å². The van der Waals surface area contributed by atoms with E-state index in [-0.39, 0.29) is 0 Å². The van der Waals surface area contributed by atoms with Gasteiger partial charge in [-0.05, 0) is 6.92 Å². The number of allylic oxidation sites excluding steroid dienone is 4. The van der Waals surface area contributed by atoms with E-state index in [0.717, 1.165) is 0 Å². The number of nitrogens with zero attached hydrogens (tertiary/aromatic N) is 1. The molecule has 0 rings (SSSR count). The molecule has 0 aliphatic rings. The predicted molar refractivity (Wildman–Crippen MR) is 34.2 cm³/mol. The largest absolute Gasteiger partial charge is 0.198 e. The fourth-order valence-corrected chi connectivity index (χ4v) is 0.310. The van der Waals surface area contributed by atoms with E-state index >= 15 is 0 Å². The van der Waals surface area contributed by atoms with Crippen LogP contribution in [-0.2, 0) is 0 Å². The summed E-state index contributed by atoms with van der Waals surface area (Å²) in [7, 11) is 0. The molecule has 0 unspecified atom stereocenters. The molecule has 0 aliphatic heterocycles. The van der Waals surface area contributed by atoms with Gasteiger partial charge in [0.05, 0.1) is 12.5 Å². The molecule has 8 heavy (non-hydrogen) atoms. The van der Waals surface area contributed by atoms with Crippen molar-refractivity contribution < 1.29 is 0 Å². The van der Waals surface area contributed by atoms with Crippen LogP contribution in [0.15, 0.2) is 24.3 Å². The Morgan fingerprint density at radius 2 is 2.25 bits per heavy atom. The lowest BCUT2D eigenvalue weighted by molar-refractivity contribution is 1.35. The van der Waals surface area contributed by atoms with Gasteiger partial charge in [0.1, 0.15) is 0 Å². The van der Waals surface area contributed by atoms with E-state index in [1.807, 2.05) is 37.3 Å². The summed E-state index contributed by atoms with van der Waals surface area (Å²) in [6, 6.07) is 2.01. The molecule has 0 saturated heterocycles. The van der Waals surface area contributed by atoms with E-state index in [9.17, 15) is 0 Å². The molecule has 42 valence electrons. The molecular weight excluding hydrogens is 98.1 g/mol. The smallest absolute Gasteiger partial charge is 0.0663 e. The number of hydrogen-bond donors (Lipinski definition) is 0. The van der Waals surface area contributed by atoms with E-state index in [1.54, 1.807) is 0 Å². The monoisotopic (exact) mass is 107 g/mol. The first-order valence-electron chi connectivity index (χ1n) is 2.56. The van der Waals surface area contributed by atoms with Gasteiger partial charge in [-0.2, -0.15) is 5.26 Å². The zero-order chi connectivity index (χ0) is 6.24. The molecule has 0 spiro atoms. The molecule has 0 fully saturated rings. The van der Waals surface area contributed by atoms with Crippen molar-refractivity contribution >= 4 is 0 Å². The highest BCUT2D eigenvalue weighted by molar-refractivity contribution is 5.03. The van der Waals surface area contributed by atoms with Crippen LogP contribution < -0.4 is 0 Å². The molecule has 0 radical (unpaired) electrons. The molecule has 0 aromatic rings. The van der Waals surface area contributed by atoms with Crippen molar-refractivity contribution in [2.75, 3.05) is 0 Å². The third-order valence-electron chi connectivity index (χ3n) is 0.649. The van der Waals surface area contributed by atoms with Crippen molar-refractivity contribution in [2.45, 2.75) is 13.3 Å². The maximum absolute atomic E-state index is 8.04. The summed E-state index contributed by atoms with van der Waals surface area (Å²) in [5, 5.41) is 8.04. The number of hydrogen-bond acceptors (Lipinski definition) is 1. The lowest BCUT2D eigenvalue weighted by Crippen LogP contribution is -1.53. The van der Waals surface area contributed by atoms with E-state index in [1.165, 1.54) is 0 Å². The summed E-state index contributed by atoms with van der Waals surface area (Å²) in [4.78, 5) is 0. The van der Waals surface area contributed by atoms with Crippen LogP contribution in [0.3, 0.4) is 0 Å². The highest BCUT2D eigenvalue weighted by Crippen LogP contribution is 1.79. The van der Waals surface area contributed by atoms with Crippen molar-refractivity contribution in [1.82, 2.24) is 0 Å². The van der Waals surface area contributed by atoms with E-state index < -0.39 is 0 Å². The Morgan fingerprint density at radius 1 is 1.50 bits per heavy atom. The topological polar surface area (TPSA) is 23.8 Å². The van der Waals surface area contributed by atoms with Crippen LogP contribution in [0.5, 0.6) is 0 Å². The van der Waals surface area contributed by atoms with Crippen LogP contribution in [0.2, 0.25) is 0 Å². The third-order valence-corrected chi connectivity index (χ3v) is 0.649. The molecule has 0 amide bonds. The summed E-state index contributed by atoms with van der Waals surface area (Å²) in [6.07, 6.45) is 8.01. The van der Waals surface area contributed by atoms with E-state index in [0.29, 0.717) is 6.42 Å². The van der Waals surface area contributed by atoms with Crippen LogP contribution in [-0.4, -0.2) is 0 Å². The van der Waals surface area contributed by atoms with Gasteiger partial charge in [-0.15, -0.1) is 0 Å². The molecule has 0 aliphatic carbocycles. The van der Waals surface area contributed by atoms with Crippen LogP contribution in [0, 0.1) is 11.3 Å². The lowest BCUT2D eigenvalue weighted by Gasteiger charge is -1.68. The second kappa shape index (κ2) is 5.97. The Bertz CT molecular complexity index is 126. The minimum absolute atomic E-state index is 0.504. The van der Waals surface area contributed by atoms with Gasteiger partial charge in [0.2, 0.25) is 0 Å². The second-order valence-electron chi connectivity index (χ2n) is 1.32. The van der Waals surface area contributed by atoms with Crippen molar-refractivity contribution in [3.05, 3.63) is 24.3 Å². The average Bonchev–Trinajstić information content (AvgIpc) is 1.81. The Morgan fingerprint density at radius 3 is 2.75 bits per heavy atom. The molecule has 0 heterocycles. The summed E-state index contributed by atoms with van der Waals surface area (Å²) in [5.41, 5.74) is 0. The minimum atomic E-state index is 0.504. The quantitative estimate of drug-likeness (QED) is 0.495. The molecule has 0 N–H and O–H groups in total. The van der Waals surface area contributed by atoms with Gasteiger partial charge in [0, 0.05) is 0 Å². The second-order valence-corrected chi connectivity index (χ2v) is 1.32. The SMILES string of the molecule is C/C=C\C=C/CC#N. The van der Waals surface area contributed by atoms with Gasteiger partial charge < -0.3 is 0 Å². The Balaban J connectivity index is 3.24. The molecule has 0 saturated carbocycles. The van der Waals surface area contributed by atoms with Crippen LogP contribution in [0.25, 0.3) is 0 Å². The first kappa shape index (κ1) is 6.97. The number of rotatable bonds is 2. The maximum atomic E-state index is 8.04. The van der Waals surface area contributed by atoms with E-state index in [2.05, 4.69) is 0 Å². The van der Waals surface area contributed by atoms with Crippen molar-refractivity contribution in [3.63, 3.8) is 0 Å². The van der Waals surface area contributed by atoms with Crippen LogP contribution >= 0.6 is 0 Å². The van der Waals surface area contributed by atoms with Gasteiger partial charge in [-0.25, -0.2) is 0 Å². The Hall–Kier alpha value is -1.03. The highest BCUT2D eigenvalue weighted by Gasteiger charge is 1.64. The fourth-order valence-electron chi connectivity index (χ4n) is 0.310. The van der Waals surface area contributed by atoms with E-state index in [4.69, 9.17) is 5.26 Å². The molecule has 0 atom stereocenters. The summed E-state index contributed by atoms with van der Waals surface area (Å²) in [5.74, 6) is 0. The lowest BCUT2D eigenvalue weighted by atomic mass is 10.4. The standard InChI is InChI=1S/C7H9N/c1-2-3-4-5-6-7-8/h2-5H,6H2,1H3/b3-2-,5-4-. The Kier molecular flexibility index (Phi) is 5.20. The molecule has 1 heteroatoms. The van der Waals surface area contributed by atoms with Crippen molar-refractivity contribution in [2.24, 2.45) is 0 Å². The van der Waals surface area contributed by atoms with Crippen LogP contribution in [0.4, 0.5) is 0 Å². The van der Waals surface area contributed by atoms with Gasteiger partial charge in [-0.3, -0.25) is 0 Å². The summed E-state index contributed by atoms with van der Waals surface area (Å²) in [6.45, 7) is 1.94. The molecular formula is C7H9N. The molecule has 0 bridgehead atoms. The maximum Gasteiger partial charge on any atom is 0.0663 e. The first-order valence-corrected chi connectivity index (χ1v) is 2.56. The minimum Gasteiger partial charge on any atom is -0.198 e. The van der Waals surface area contributed by atoms with Gasteiger partial charge >= 0.3 is 0 Å². The first-order chi connectivity index (χ1) is 3.91.